The van der Waals surface area contributed by atoms with Crippen molar-refractivity contribution in [2.75, 3.05) is 6.54 Å². The summed E-state index contributed by atoms with van der Waals surface area (Å²) in [4.78, 5) is 0. The Morgan fingerprint density at radius 1 is 1.36 bits per heavy atom. The first-order chi connectivity index (χ1) is 6.63. The Kier molecular flexibility index (Phi) is 5.10. The van der Waals surface area contributed by atoms with E-state index in [-0.39, 0.29) is 0 Å². The van der Waals surface area contributed by atoms with Crippen LogP contribution in [0, 0.1) is 0 Å². The molecule has 2 N–H and O–H groups in total. The predicted molar refractivity (Wildman–Crippen MR) is 66.3 cm³/mol. The molecule has 1 aromatic carbocycles. The highest BCUT2D eigenvalue weighted by molar-refractivity contribution is 7.99. The standard InChI is InChI=1S/C10H13Cl2NS/c1-7(5-13)14-6-8-2-3-9(11)10(12)4-8/h2-4,7H,5-6,13H2,1H3. The van der Waals surface area contributed by atoms with Crippen molar-refractivity contribution < 1.29 is 0 Å². The number of halogens is 2. The average molecular weight is 250 g/mol. The second-order valence-electron chi connectivity index (χ2n) is 3.11. The Labute approximate surface area is 99.0 Å². The largest absolute Gasteiger partial charge is 0.329 e. The minimum atomic E-state index is 0.476. The molecule has 0 saturated heterocycles. The topological polar surface area (TPSA) is 26.0 Å². The van der Waals surface area contributed by atoms with E-state index in [0.29, 0.717) is 21.8 Å². The van der Waals surface area contributed by atoms with Crippen LogP contribution in [0.2, 0.25) is 10.0 Å². The highest BCUT2D eigenvalue weighted by atomic mass is 35.5. The minimum Gasteiger partial charge on any atom is -0.329 e. The molecule has 0 aliphatic rings. The number of hydrogen-bond acceptors (Lipinski definition) is 2. The monoisotopic (exact) mass is 249 g/mol. The zero-order valence-corrected chi connectivity index (χ0v) is 10.3. The van der Waals surface area contributed by atoms with Gasteiger partial charge in [0, 0.05) is 17.5 Å². The van der Waals surface area contributed by atoms with Crippen molar-refractivity contribution in [1.29, 1.82) is 0 Å². The highest BCUT2D eigenvalue weighted by Crippen LogP contribution is 2.25. The maximum atomic E-state index is 5.90. The summed E-state index contributed by atoms with van der Waals surface area (Å²) >= 11 is 13.5. The fraction of sp³-hybridized carbons (Fsp3) is 0.400. The van der Waals surface area contributed by atoms with Crippen LogP contribution in [0.3, 0.4) is 0 Å². The Morgan fingerprint density at radius 2 is 2.07 bits per heavy atom. The highest BCUT2D eigenvalue weighted by Gasteiger charge is 2.02. The Bertz CT molecular complexity index is 304. The smallest absolute Gasteiger partial charge is 0.0595 e. The van der Waals surface area contributed by atoms with Gasteiger partial charge in [-0.15, -0.1) is 0 Å². The average Bonchev–Trinajstić information content (AvgIpc) is 2.19. The predicted octanol–water partition coefficient (Wildman–Crippen LogP) is 3.57. The molecule has 0 aliphatic heterocycles. The maximum absolute atomic E-state index is 5.90. The first kappa shape index (κ1) is 12.2. The van der Waals surface area contributed by atoms with Crippen LogP contribution in [-0.4, -0.2) is 11.8 Å². The molecular weight excluding hydrogens is 237 g/mol. The molecule has 0 saturated carbocycles. The minimum absolute atomic E-state index is 0.476. The molecule has 1 rings (SSSR count). The van der Waals surface area contributed by atoms with Crippen LogP contribution in [0.15, 0.2) is 18.2 Å². The van der Waals surface area contributed by atoms with Crippen LogP contribution in [-0.2, 0) is 5.75 Å². The van der Waals surface area contributed by atoms with Crippen LogP contribution >= 0.6 is 35.0 Å². The molecule has 0 radical (unpaired) electrons. The Balaban J connectivity index is 2.55. The van der Waals surface area contributed by atoms with Crippen LogP contribution in [0.25, 0.3) is 0 Å². The normalized spacial score (nSPS) is 12.9. The number of nitrogens with two attached hydrogens (primary N) is 1. The fourth-order valence-electron chi connectivity index (χ4n) is 0.936. The van der Waals surface area contributed by atoms with Crippen molar-refractivity contribution >= 4 is 35.0 Å². The summed E-state index contributed by atoms with van der Waals surface area (Å²) in [6, 6.07) is 5.72. The molecule has 0 aliphatic carbocycles. The van der Waals surface area contributed by atoms with E-state index in [4.69, 9.17) is 28.9 Å². The van der Waals surface area contributed by atoms with Crippen LogP contribution in [0.4, 0.5) is 0 Å². The maximum Gasteiger partial charge on any atom is 0.0595 e. The van der Waals surface area contributed by atoms with Crippen molar-refractivity contribution in [3.8, 4) is 0 Å². The molecule has 78 valence electrons. The molecule has 0 fully saturated rings. The zero-order chi connectivity index (χ0) is 10.6. The molecular formula is C10H13Cl2NS. The van der Waals surface area contributed by atoms with E-state index in [0.717, 1.165) is 5.75 Å². The summed E-state index contributed by atoms with van der Waals surface area (Å²) in [5.41, 5.74) is 6.71. The number of benzene rings is 1. The van der Waals surface area contributed by atoms with E-state index in [1.54, 1.807) is 0 Å². The number of rotatable bonds is 4. The van der Waals surface area contributed by atoms with Gasteiger partial charge in [-0.25, -0.2) is 0 Å². The third-order valence-electron chi connectivity index (χ3n) is 1.85. The lowest BCUT2D eigenvalue weighted by Gasteiger charge is -2.08. The van der Waals surface area contributed by atoms with Crippen molar-refractivity contribution in [3.05, 3.63) is 33.8 Å². The number of hydrogen-bond donors (Lipinski definition) is 1. The van der Waals surface area contributed by atoms with Crippen molar-refractivity contribution in [1.82, 2.24) is 0 Å². The van der Waals surface area contributed by atoms with Gasteiger partial charge in [0.2, 0.25) is 0 Å². The van der Waals surface area contributed by atoms with Crippen LogP contribution < -0.4 is 5.73 Å². The van der Waals surface area contributed by atoms with Gasteiger partial charge in [0.1, 0.15) is 0 Å². The van der Waals surface area contributed by atoms with Gasteiger partial charge in [-0.1, -0.05) is 36.2 Å². The van der Waals surface area contributed by atoms with E-state index >= 15 is 0 Å². The molecule has 0 amide bonds. The number of thioether (sulfide) groups is 1. The van der Waals surface area contributed by atoms with Gasteiger partial charge in [0.15, 0.2) is 0 Å². The summed E-state index contributed by atoms with van der Waals surface area (Å²) in [6.07, 6.45) is 0. The van der Waals surface area contributed by atoms with Gasteiger partial charge in [0.05, 0.1) is 10.0 Å². The molecule has 1 atom stereocenters. The van der Waals surface area contributed by atoms with Gasteiger partial charge < -0.3 is 5.73 Å². The summed E-state index contributed by atoms with van der Waals surface area (Å²) in [7, 11) is 0. The van der Waals surface area contributed by atoms with Gasteiger partial charge in [-0.2, -0.15) is 11.8 Å². The first-order valence-electron chi connectivity index (χ1n) is 4.39. The molecule has 4 heteroatoms. The molecule has 0 bridgehead atoms. The third-order valence-corrected chi connectivity index (χ3v) is 3.85. The molecule has 14 heavy (non-hydrogen) atoms. The van der Waals surface area contributed by atoms with Gasteiger partial charge in [-0.05, 0) is 17.7 Å². The lowest BCUT2D eigenvalue weighted by Crippen LogP contribution is -2.12. The molecule has 1 aromatic rings. The Hall–Kier alpha value is 0.110. The summed E-state index contributed by atoms with van der Waals surface area (Å²) in [5, 5.41) is 1.70. The van der Waals surface area contributed by atoms with Crippen LogP contribution in [0.1, 0.15) is 12.5 Å². The van der Waals surface area contributed by atoms with Crippen molar-refractivity contribution in [3.63, 3.8) is 0 Å². The second kappa shape index (κ2) is 5.86. The van der Waals surface area contributed by atoms with Gasteiger partial charge >= 0.3 is 0 Å². The van der Waals surface area contributed by atoms with E-state index < -0.39 is 0 Å². The SMILES string of the molecule is CC(CN)SCc1ccc(Cl)c(Cl)c1. The summed E-state index contributed by atoms with van der Waals surface area (Å²) in [6.45, 7) is 2.81. The zero-order valence-electron chi connectivity index (χ0n) is 7.97. The van der Waals surface area contributed by atoms with E-state index in [2.05, 4.69) is 6.92 Å². The lowest BCUT2D eigenvalue weighted by molar-refractivity contribution is 0.951. The van der Waals surface area contributed by atoms with Crippen molar-refractivity contribution in [2.24, 2.45) is 5.73 Å². The molecule has 1 unspecified atom stereocenters. The Morgan fingerprint density at radius 3 is 2.64 bits per heavy atom. The third kappa shape index (κ3) is 3.70. The summed E-state index contributed by atoms with van der Waals surface area (Å²) in [5.74, 6) is 0.926. The van der Waals surface area contributed by atoms with Gasteiger partial charge in [-0.3, -0.25) is 0 Å². The summed E-state index contributed by atoms with van der Waals surface area (Å²) < 4.78 is 0. The van der Waals surface area contributed by atoms with E-state index in [1.165, 1.54) is 5.56 Å². The molecule has 0 heterocycles. The lowest BCUT2D eigenvalue weighted by atomic mass is 10.2. The molecule has 0 spiro atoms. The quantitative estimate of drug-likeness (QED) is 0.883. The first-order valence-corrected chi connectivity index (χ1v) is 6.19. The molecule has 0 aromatic heterocycles. The van der Waals surface area contributed by atoms with Crippen LogP contribution in [0.5, 0.6) is 0 Å². The fourth-order valence-corrected chi connectivity index (χ4v) is 2.05. The molecule has 1 nitrogen and oxygen atoms in total. The second-order valence-corrected chi connectivity index (χ2v) is 5.35. The van der Waals surface area contributed by atoms with Crippen molar-refractivity contribution in [2.45, 2.75) is 17.9 Å². The van der Waals surface area contributed by atoms with E-state index in [1.807, 2.05) is 30.0 Å². The van der Waals surface area contributed by atoms with Gasteiger partial charge in [0.25, 0.3) is 0 Å². The van der Waals surface area contributed by atoms with E-state index in [9.17, 15) is 0 Å².